The summed E-state index contributed by atoms with van der Waals surface area (Å²) in [4.78, 5) is 24.4. The van der Waals surface area contributed by atoms with Gasteiger partial charge in [-0.25, -0.2) is 9.48 Å². The van der Waals surface area contributed by atoms with Crippen molar-refractivity contribution in [2.24, 2.45) is 5.92 Å². The van der Waals surface area contributed by atoms with Crippen LogP contribution in [0.5, 0.6) is 0 Å². The summed E-state index contributed by atoms with van der Waals surface area (Å²) in [6, 6.07) is 6.75. The maximum absolute atomic E-state index is 12.2. The molecule has 7 nitrogen and oxygen atoms in total. The molecule has 2 amide bonds. The Kier molecular flexibility index (Phi) is 5.46. The second-order valence-corrected chi connectivity index (χ2v) is 6.07. The first-order valence-corrected chi connectivity index (χ1v) is 7.73. The first-order valence-electron chi connectivity index (χ1n) is 7.35. The molecule has 0 saturated heterocycles. The number of aromatic nitrogens is 2. The fourth-order valence-electron chi connectivity index (χ4n) is 2.08. The van der Waals surface area contributed by atoms with Gasteiger partial charge in [0.25, 0.3) is 0 Å². The SMILES string of the molecule is Cc1cn(-c2ccc(Cl)cc2)nc1NC(=O)N(C)CC(C)C(=O)O. The van der Waals surface area contributed by atoms with Crippen LogP contribution >= 0.6 is 11.6 Å². The van der Waals surface area contributed by atoms with Gasteiger partial charge in [0.15, 0.2) is 5.82 Å². The largest absolute Gasteiger partial charge is 0.481 e. The minimum atomic E-state index is -0.946. The Morgan fingerprint density at radius 1 is 1.38 bits per heavy atom. The highest BCUT2D eigenvalue weighted by Crippen LogP contribution is 2.18. The molecular weight excluding hydrogens is 332 g/mol. The van der Waals surface area contributed by atoms with Gasteiger partial charge in [0, 0.05) is 30.4 Å². The lowest BCUT2D eigenvalue weighted by atomic mass is 10.2. The lowest BCUT2D eigenvalue weighted by Crippen LogP contribution is -2.36. The second kappa shape index (κ2) is 7.35. The molecule has 0 aliphatic carbocycles. The average molecular weight is 351 g/mol. The van der Waals surface area contributed by atoms with E-state index in [0.29, 0.717) is 10.8 Å². The molecule has 1 atom stereocenters. The van der Waals surface area contributed by atoms with Crippen molar-refractivity contribution >= 4 is 29.4 Å². The van der Waals surface area contributed by atoms with Gasteiger partial charge in [0.2, 0.25) is 0 Å². The molecule has 24 heavy (non-hydrogen) atoms. The number of nitrogens with zero attached hydrogens (tertiary/aromatic N) is 3. The Balaban J connectivity index is 2.09. The molecule has 0 bridgehead atoms. The maximum atomic E-state index is 12.2. The molecule has 2 N–H and O–H groups in total. The number of aryl methyl sites for hydroxylation is 1. The number of carboxylic acid groups (broad SMARTS) is 1. The van der Waals surface area contributed by atoms with E-state index in [4.69, 9.17) is 16.7 Å². The molecule has 1 heterocycles. The van der Waals surface area contributed by atoms with E-state index in [2.05, 4.69) is 10.4 Å². The fourth-order valence-corrected chi connectivity index (χ4v) is 2.20. The predicted octanol–water partition coefficient (Wildman–Crippen LogP) is 3.02. The van der Waals surface area contributed by atoms with Crippen LogP contribution in [0.25, 0.3) is 5.69 Å². The highest BCUT2D eigenvalue weighted by molar-refractivity contribution is 6.30. The van der Waals surface area contributed by atoms with Crippen molar-refractivity contribution in [3.8, 4) is 5.69 Å². The van der Waals surface area contributed by atoms with Crippen molar-refractivity contribution in [3.05, 3.63) is 41.0 Å². The number of carbonyl (C=O) groups is 2. The normalized spacial score (nSPS) is 11.8. The van der Waals surface area contributed by atoms with E-state index in [1.165, 1.54) is 4.90 Å². The number of rotatable bonds is 5. The number of amides is 2. The first-order chi connectivity index (χ1) is 11.3. The molecule has 0 aliphatic rings. The third kappa shape index (κ3) is 4.26. The van der Waals surface area contributed by atoms with Crippen LogP contribution in [-0.4, -0.2) is 45.4 Å². The third-order valence-corrected chi connectivity index (χ3v) is 3.78. The number of urea groups is 1. The molecule has 1 aromatic carbocycles. The summed E-state index contributed by atoms with van der Waals surface area (Å²) in [5.74, 6) is -1.17. The van der Waals surface area contributed by atoms with Gasteiger partial charge >= 0.3 is 12.0 Å². The Bertz CT molecular complexity index is 742. The molecule has 128 valence electrons. The van der Waals surface area contributed by atoms with E-state index in [9.17, 15) is 9.59 Å². The van der Waals surface area contributed by atoms with Gasteiger partial charge in [-0.3, -0.25) is 10.1 Å². The highest BCUT2D eigenvalue weighted by Gasteiger charge is 2.19. The zero-order chi connectivity index (χ0) is 17.9. The first kappa shape index (κ1) is 17.8. The van der Waals surface area contributed by atoms with Crippen LogP contribution in [0.2, 0.25) is 5.02 Å². The van der Waals surface area contributed by atoms with Gasteiger partial charge in [-0.15, -0.1) is 5.10 Å². The Morgan fingerprint density at radius 2 is 2.00 bits per heavy atom. The molecule has 0 fully saturated rings. The van der Waals surface area contributed by atoms with Crippen molar-refractivity contribution in [1.29, 1.82) is 0 Å². The lowest BCUT2D eigenvalue weighted by molar-refractivity contribution is -0.141. The van der Waals surface area contributed by atoms with Crippen LogP contribution in [-0.2, 0) is 4.79 Å². The summed E-state index contributed by atoms with van der Waals surface area (Å²) < 4.78 is 1.64. The molecule has 2 aromatic rings. The number of anilines is 1. The van der Waals surface area contributed by atoms with Crippen molar-refractivity contribution in [1.82, 2.24) is 14.7 Å². The monoisotopic (exact) mass is 350 g/mol. The number of aliphatic carboxylic acids is 1. The van der Waals surface area contributed by atoms with Crippen LogP contribution in [0, 0.1) is 12.8 Å². The van der Waals surface area contributed by atoms with Gasteiger partial charge in [0.05, 0.1) is 11.6 Å². The number of hydrogen-bond acceptors (Lipinski definition) is 3. The fraction of sp³-hybridized carbons (Fsp3) is 0.312. The Morgan fingerprint density at radius 3 is 2.58 bits per heavy atom. The molecule has 0 saturated carbocycles. The lowest BCUT2D eigenvalue weighted by Gasteiger charge is -2.19. The summed E-state index contributed by atoms with van der Waals surface area (Å²) in [6.45, 7) is 3.49. The van der Waals surface area contributed by atoms with Crippen LogP contribution in [0.3, 0.4) is 0 Å². The van der Waals surface area contributed by atoms with E-state index in [0.717, 1.165) is 11.3 Å². The Labute approximate surface area is 144 Å². The van der Waals surface area contributed by atoms with Crippen LogP contribution in [0.1, 0.15) is 12.5 Å². The summed E-state index contributed by atoms with van der Waals surface area (Å²) in [6.07, 6.45) is 1.79. The molecular formula is C16H19ClN4O3. The summed E-state index contributed by atoms with van der Waals surface area (Å²) in [5, 5.41) is 16.6. The van der Waals surface area contributed by atoms with Crippen molar-refractivity contribution in [2.45, 2.75) is 13.8 Å². The van der Waals surface area contributed by atoms with Crippen molar-refractivity contribution in [3.63, 3.8) is 0 Å². The van der Waals surface area contributed by atoms with Crippen LogP contribution < -0.4 is 5.32 Å². The van der Waals surface area contributed by atoms with Gasteiger partial charge in [-0.1, -0.05) is 18.5 Å². The zero-order valence-electron chi connectivity index (χ0n) is 13.7. The van der Waals surface area contributed by atoms with Gasteiger partial charge in [-0.2, -0.15) is 0 Å². The van der Waals surface area contributed by atoms with Gasteiger partial charge < -0.3 is 10.0 Å². The second-order valence-electron chi connectivity index (χ2n) is 5.63. The quantitative estimate of drug-likeness (QED) is 0.867. The molecule has 2 rings (SSSR count). The summed E-state index contributed by atoms with van der Waals surface area (Å²) in [5.41, 5.74) is 1.61. The van der Waals surface area contributed by atoms with Crippen molar-refractivity contribution < 1.29 is 14.7 Å². The van der Waals surface area contributed by atoms with E-state index in [1.54, 1.807) is 37.0 Å². The number of carboxylic acids is 1. The standard InChI is InChI=1S/C16H19ClN4O3/c1-10-9-21(13-6-4-12(17)5-7-13)19-14(10)18-16(24)20(3)8-11(2)15(22)23/h4-7,9,11H,8H2,1-3H3,(H,22,23)(H,18,19,24). The number of halogens is 1. The van der Waals surface area contributed by atoms with Crippen molar-refractivity contribution in [2.75, 3.05) is 18.9 Å². The third-order valence-electron chi connectivity index (χ3n) is 3.53. The minimum absolute atomic E-state index is 0.109. The average Bonchev–Trinajstić information content (AvgIpc) is 2.88. The van der Waals surface area contributed by atoms with E-state index in [1.807, 2.05) is 19.1 Å². The van der Waals surface area contributed by atoms with Gasteiger partial charge in [-0.05, 0) is 31.2 Å². The molecule has 0 spiro atoms. The molecule has 8 heteroatoms. The van der Waals surface area contributed by atoms with Gasteiger partial charge in [0.1, 0.15) is 0 Å². The zero-order valence-corrected chi connectivity index (χ0v) is 14.4. The maximum Gasteiger partial charge on any atom is 0.322 e. The molecule has 1 unspecified atom stereocenters. The van der Waals surface area contributed by atoms with E-state index < -0.39 is 17.9 Å². The van der Waals surface area contributed by atoms with Crippen LogP contribution in [0.4, 0.5) is 10.6 Å². The number of carbonyl (C=O) groups excluding carboxylic acids is 1. The molecule has 0 radical (unpaired) electrons. The highest BCUT2D eigenvalue weighted by atomic mass is 35.5. The van der Waals surface area contributed by atoms with E-state index >= 15 is 0 Å². The van der Waals surface area contributed by atoms with Crippen LogP contribution in [0.15, 0.2) is 30.5 Å². The number of hydrogen-bond donors (Lipinski definition) is 2. The Hall–Kier alpha value is -2.54. The molecule has 1 aromatic heterocycles. The topological polar surface area (TPSA) is 87.5 Å². The minimum Gasteiger partial charge on any atom is -0.481 e. The van der Waals surface area contributed by atoms with E-state index in [-0.39, 0.29) is 6.54 Å². The smallest absolute Gasteiger partial charge is 0.322 e. The summed E-state index contributed by atoms with van der Waals surface area (Å²) in [7, 11) is 1.54. The molecule has 0 aliphatic heterocycles. The summed E-state index contributed by atoms with van der Waals surface area (Å²) >= 11 is 5.87. The predicted molar refractivity (Wildman–Crippen MR) is 91.8 cm³/mol. The number of nitrogens with one attached hydrogen (secondary N) is 1. The number of benzene rings is 1.